The number of rotatable bonds is 9. The topological polar surface area (TPSA) is 127 Å². The van der Waals surface area contributed by atoms with Crippen molar-refractivity contribution in [3.8, 4) is 0 Å². The van der Waals surface area contributed by atoms with Crippen LogP contribution in [0.25, 0.3) is 0 Å². The van der Waals surface area contributed by atoms with Crippen molar-refractivity contribution >= 4 is 29.2 Å². The number of nitrogens with one attached hydrogen (secondary N) is 3. The van der Waals surface area contributed by atoms with Crippen LogP contribution in [0.2, 0.25) is 0 Å². The summed E-state index contributed by atoms with van der Waals surface area (Å²) in [7, 11) is 1.73. The number of ether oxygens (including phenoxy) is 1. The fourth-order valence-electron chi connectivity index (χ4n) is 4.93. The van der Waals surface area contributed by atoms with Gasteiger partial charge in [-0.1, -0.05) is 26.7 Å². The summed E-state index contributed by atoms with van der Waals surface area (Å²) in [4.78, 5) is 43.1. The van der Waals surface area contributed by atoms with Gasteiger partial charge in [-0.2, -0.15) is 5.10 Å². The monoisotopic (exact) mass is 482 g/mol. The number of hydrogen-bond acceptors (Lipinski definition) is 6. The Morgan fingerprint density at radius 3 is 2.71 bits per heavy atom. The fourth-order valence-corrected chi connectivity index (χ4v) is 4.93. The minimum absolute atomic E-state index is 0.0495. The van der Waals surface area contributed by atoms with Gasteiger partial charge in [0.25, 0.3) is 5.91 Å². The average Bonchev–Trinajstić information content (AvgIpc) is 3.38. The van der Waals surface area contributed by atoms with E-state index in [1.54, 1.807) is 36.3 Å². The highest BCUT2D eigenvalue weighted by Gasteiger charge is 2.48. The first-order chi connectivity index (χ1) is 16.8. The molecule has 2 atom stereocenters. The number of pyridine rings is 1. The van der Waals surface area contributed by atoms with E-state index in [4.69, 9.17) is 4.74 Å². The zero-order valence-electron chi connectivity index (χ0n) is 20.6. The van der Waals surface area contributed by atoms with Crippen LogP contribution in [-0.2, 0) is 26.8 Å². The molecule has 0 aliphatic carbocycles. The third-order valence-electron chi connectivity index (χ3n) is 7.00. The van der Waals surface area contributed by atoms with Crippen LogP contribution >= 0.6 is 0 Å². The summed E-state index contributed by atoms with van der Waals surface area (Å²) in [5.41, 5.74) is 1.15. The fraction of sp³-hybridized carbons (Fsp3) is 0.560. The summed E-state index contributed by atoms with van der Waals surface area (Å²) in [5, 5.41) is 12.7. The lowest BCUT2D eigenvalue weighted by molar-refractivity contribution is -0.124. The Hall–Kier alpha value is -3.27. The first-order valence-electron chi connectivity index (χ1n) is 12.3. The maximum atomic E-state index is 13.2. The number of carbonyl (C=O) groups is 3. The Kier molecular flexibility index (Phi) is 7.49. The Labute approximate surface area is 205 Å². The summed E-state index contributed by atoms with van der Waals surface area (Å²) < 4.78 is 6.99. The first kappa shape index (κ1) is 24.8. The summed E-state index contributed by atoms with van der Waals surface area (Å²) in [6.07, 6.45) is 7.98. The van der Waals surface area contributed by atoms with Crippen LogP contribution in [0.15, 0.2) is 24.5 Å². The molecule has 10 heteroatoms. The van der Waals surface area contributed by atoms with Gasteiger partial charge >= 0.3 is 0 Å². The number of aromatic nitrogens is 3. The Morgan fingerprint density at radius 2 is 2.03 bits per heavy atom. The van der Waals surface area contributed by atoms with E-state index in [0.29, 0.717) is 49.9 Å². The molecule has 1 spiro atoms. The third kappa shape index (κ3) is 5.37. The van der Waals surface area contributed by atoms with Gasteiger partial charge in [0.1, 0.15) is 17.6 Å². The van der Waals surface area contributed by atoms with Gasteiger partial charge in [-0.25, -0.2) is 4.98 Å². The Morgan fingerprint density at radius 1 is 1.26 bits per heavy atom. The molecule has 1 saturated heterocycles. The van der Waals surface area contributed by atoms with E-state index in [9.17, 15) is 14.4 Å². The molecule has 3 amide bonds. The van der Waals surface area contributed by atoms with Gasteiger partial charge in [-0.15, -0.1) is 0 Å². The van der Waals surface area contributed by atoms with Crippen LogP contribution in [0.4, 0.5) is 11.5 Å². The van der Waals surface area contributed by atoms with Crippen molar-refractivity contribution in [2.24, 2.45) is 13.0 Å². The molecular formula is C25H34N6O4. The second-order valence-electron chi connectivity index (χ2n) is 9.62. The maximum Gasteiger partial charge on any atom is 0.272 e. The third-order valence-corrected chi connectivity index (χ3v) is 7.00. The van der Waals surface area contributed by atoms with Gasteiger partial charge in [-0.3, -0.25) is 19.1 Å². The Balaban J connectivity index is 1.48. The number of aryl methyl sites for hydroxylation is 1. The van der Waals surface area contributed by atoms with Gasteiger partial charge in [0.15, 0.2) is 0 Å². The number of carbonyl (C=O) groups excluding carboxylic acids is 3. The van der Waals surface area contributed by atoms with Crippen LogP contribution in [0.1, 0.15) is 68.4 Å². The minimum atomic E-state index is -0.740. The highest BCUT2D eigenvalue weighted by atomic mass is 16.5. The van der Waals surface area contributed by atoms with E-state index in [-0.39, 0.29) is 17.5 Å². The van der Waals surface area contributed by atoms with E-state index < -0.39 is 17.4 Å². The molecule has 3 N–H and O–H groups in total. The van der Waals surface area contributed by atoms with Crippen molar-refractivity contribution in [1.82, 2.24) is 20.1 Å². The maximum absolute atomic E-state index is 13.2. The molecule has 0 radical (unpaired) electrons. The van der Waals surface area contributed by atoms with Crippen LogP contribution < -0.4 is 16.0 Å². The molecule has 4 heterocycles. The van der Waals surface area contributed by atoms with Crippen LogP contribution in [0.3, 0.4) is 0 Å². The average molecular weight is 483 g/mol. The quantitative estimate of drug-likeness (QED) is 0.504. The minimum Gasteiger partial charge on any atom is -0.381 e. The van der Waals surface area contributed by atoms with Crippen molar-refractivity contribution in [2.45, 2.75) is 63.8 Å². The highest BCUT2D eigenvalue weighted by Crippen LogP contribution is 2.44. The molecule has 2 aromatic heterocycles. The predicted octanol–water partition coefficient (Wildman–Crippen LogP) is 2.77. The van der Waals surface area contributed by atoms with E-state index in [1.807, 2.05) is 0 Å². The van der Waals surface area contributed by atoms with Crippen molar-refractivity contribution < 1.29 is 19.1 Å². The van der Waals surface area contributed by atoms with E-state index >= 15 is 0 Å². The summed E-state index contributed by atoms with van der Waals surface area (Å²) >= 11 is 0. The van der Waals surface area contributed by atoms with Gasteiger partial charge in [-0.05, 0) is 37.7 Å². The molecular weight excluding hydrogens is 448 g/mol. The molecule has 35 heavy (non-hydrogen) atoms. The number of nitrogens with zero attached hydrogens (tertiary/aromatic N) is 3. The van der Waals surface area contributed by atoms with E-state index in [0.717, 1.165) is 24.8 Å². The van der Waals surface area contributed by atoms with Crippen molar-refractivity contribution in [3.63, 3.8) is 0 Å². The molecule has 1 fully saturated rings. The Bertz CT molecular complexity index is 1090. The summed E-state index contributed by atoms with van der Waals surface area (Å²) in [6, 6.07) is 2.56. The van der Waals surface area contributed by atoms with E-state index in [2.05, 4.69) is 39.9 Å². The van der Waals surface area contributed by atoms with Crippen molar-refractivity contribution in [2.75, 3.05) is 23.8 Å². The van der Waals surface area contributed by atoms with Gasteiger partial charge in [0, 0.05) is 44.3 Å². The predicted molar refractivity (Wildman–Crippen MR) is 131 cm³/mol. The molecule has 4 rings (SSSR count). The van der Waals surface area contributed by atoms with Crippen molar-refractivity contribution in [3.05, 3.63) is 35.8 Å². The lowest BCUT2D eigenvalue weighted by Gasteiger charge is -2.31. The van der Waals surface area contributed by atoms with Crippen LogP contribution in [-0.4, -0.2) is 51.7 Å². The molecule has 2 aliphatic rings. The standard InChI is InChI=1S/C25H34N6O4/c1-4-5-16(2)6-7-18(27-23(33)19-8-11-31(3)30-19)22(32)29-21-14-20-17(15-26-21)25(24(34)28-20)9-12-35-13-10-25/h8,11,14-16,18H,4-7,9-10,12-13H2,1-3H3,(H,27,33)(H,28,34)(H,26,29,32)/t16-,18-/m0/s1. The normalized spacial score (nSPS) is 18.0. The largest absolute Gasteiger partial charge is 0.381 e. The smallest absolute Gasteiger partial charge is 0.272 e. The SMILES string of the molecule is CCC[C@H](C)CC[C@H](NC(=O)c1ccn(C)n1)C(=O)Nc1cc2c(cn1)C1(CCOCC1)C(=O)N2. The lowest BCUT2D eigenvalue weighted by atomic mass is 9.76. The zero-order chi connectivity index (χ0) is 25.0. The summed E-state index contributed by atoms with van der Waals surface area (Å²) in [5.74, 6) is -0.0329. The van der Waals surface area contributed by atoms with Crippen molar-refractivity contribution in [1.29, 1.82) is 0 Å². The van der Waals surface area contributed by atoms with Gasteiger partial charge in [0.2, 0.25) is 11.8 Å². The van der Waals surface area contributed by atoms with Gasteiger partial charge < -0.3 is 20.7 Å². The second-order valence-corrected chi connectivity index (χ2v) is 9.62. The number of amides is 3. The van der Waals surface area contributed by atoms with Crippen LogP contribution in [0.5, 0.6) is 0 Å². The molecule has 188 valence electrons. The van der Waals surface area contributed by atoms with E-state index in [1.165, 1.54) is 0 Å². The second kappa shape index (κ2) is 10.6. The molecule has 0 bridgehead atoms. The zero-order valence-corrected chi connectivity index (χ0v) is 20.6. The molecule has 0 aromatic carbocycles. The molecule has 2 aliphatic heterocycles. The number of anilines is 2. The highest BCUT2D eigenvalue weighted by molar-refractivity contribution is 6.07. The lowest BCUT2D eigenvalue weighted by Crippen LogP contribution is -2.44. The van der Waals surface area contributed by atoms with Crippen LogP contribution in [0, 0.1) is 5.92 Å². The number of hydrogen-bond donors (Lipinski definition) is 3. The molecule has 0 saturated carbocycles. The molecule has 0 unspecified atom stereocenters. The molecule has 10 nitrogen and oxygen atoms in total. The van der Waals surface area contributed by atoms with Gasteiger partial charge in [0.05, 0.1) is 11.1 Å². The first-order valence-corrected chi connectivity index (χ1v) is 12.3. The summed E-state index contributed by atoms with van der Waals surface area (Å²) in [6.45, 7) is 5.33. The number of fused-ring (bicyclic) bond motifs is 2. The molecule has 2 aromatic rings.